The first-order valence-corrected chi connectivity index (χ1v) is 2.91. The molecular formula is C7H3F4O. The summed E-state index contributed by atoms with van der Waals surface area (Å²) < 4.78 is 50.2. The van der Waals surface area contributed by atoms with Gasteiger partial charge >= 0.3 is 6.36 Å². The van der Waals surface area contributed by atoms with Gasteiger partial charge in [-0.25, -0.2) is 4.39 Å². The molecule has 5 heteroatoms. The number of rotatable bonds is 1. The number of alkyl halides is 3. The maximum absolute atomic E-state index is 12.2. The van der Waals surface area contributed by atoms with Gasteiger partial charge < -0.3 is 4.74 Å². The summed E-state index contributed by atoms with van der Waals surface area (Å²) in [6.07, 6.45) is -4.80. The first kappa shape index (κ1) is 8.83. The number of benzene rings is 1. The molecule has 1 radical (unpaired) electrons. The third-order valence-electron chi connectivity index (χ3n) is 0.958. The van der Waals surface area contributed by atoms with Crippen molar-refractivity contribution in [3.8, 4) is 5.75 Å². The zero-order valence-corrected chi connectivity index (χ0v) is 5.65. The van der Waals surface area contributed by atoms with Gasteiger partial charge in [0.05, 0.1) is 6.07 Å². The van der Waals surface area contributed by atoms with Crippen molar-refractivity contribution >= 4 is 0 Å². The smallest absolute Gasteiger partial charge is 0.405 e. The lowest BCUT2D eigenvalue weighted by Gasteiger charge is -2.07. The van der Waals surface area contributed by atoms with E-state index in [2.05, 4.69) is 4.74 Å². The van der Waals surface area contributed by atoms with E-state index in [-0.39, 0.29) is 0 Å². The summed E-state index contributed by atoms with van der Waals surface area (Å²) in [6.45, 7) is 0. The highest BCUT2D eigenvalue weighted by Crippen LogP contribution is 2.22. The summed E-state index contributed by atoms with van der Waals surface area (Å²) in [5.41, 5.74) is 0. The van der Waals surface area contributed by atoms with E-state index in [4.69, 9.17) is 0 Å². The normalized spacial score (nSPS) is 11.3. The lowest BCUT2D eigenvalue weighted by Crippen LogP contribution is -2.17. The Labute approximate surface area is 65.6 Å². The maximum Gasteiger partial charge on any atom is 0.573 e. The quantitative estimate of drug-likeness (QED) is 0.602. The standard InChI is InChI=1S/C7H3F4O/c8-5-2-1-3-6(4-5)12-7(9,10)11/h1-3H. The van der Waals surface area contributed by atoms with Crippen LogP contribution in [0.15, 0.2) is 18.2 Å². The van der Waals surface area contributed by atoms with E-state index in [1.54, 1.807) is 6.07 Å². The molecule has 1 rings (SSSR count). The van der Waals surface area contributed by atoms with Crippen LogP contribution in [0.5, 0.6) is 5.75 Å². The Morgan fingerprint density at radius 2 is 1.92 bits per heavy atom. The Balaban J connectivity index is 2.77. The Kier molecular flexibility index (Phi) is 2.21. The van der Waals surface area contributed by atoms with Crippen molar-refractivity contribution in [1.82, 2.24) is 0 Å². The van der Waals surface area contributed by atoms with Gasteiger partial charge in [-0.05, 0) is 12.1 Å². The van der Waals surface area contributed by atoms with Crippen LogP contribution in [0.3, 0.4) is 0 Å². The Morgan fingerprint density at radius 3 is 2.42 bits per heavy atom. The van der Waals surface area contributed by atoms with Gasteiger partial charge in [-0.1, -0.05) is 6.07 Å². The van der Waals surface area contributed by atoms with E-state index in [0.29, 0.717) is 0 Å². The second-order valence-corrected chi connectivity index (χ2v) is 1.91. The zero-order chi connectivity index (χ0) is 9.19. The highest BCUT2D eigenvalue weighted by Gasteiger charge is 2.31. The minimum Gasteiger partial charge on any atom is -0.405 e. The van der Waals surface area contributed by atoms with Crippen LogP contribution in [0.25, 0.3) is 0 Å². The van der Waals surface area contributed by atoms with Gasteiger partial charge in [0, 0.05) is 0 Å². The van der Waals surface area contributed by atoms with Gasteiger partial charge in [-0.15, -0.1) is 13.2 Å². The van der Waals surface area contributed by atoms with Crippen molar-refractivity contribution < 1.29 is 22.3 Å². The van der Waals surface area contributed by atoms with Crippen molar-refractivity contribution in [2.75, 3.05) is 0 Å². The lowest BCUT2D eigenvalue weighted by atomic mass is 10.3. The molecule has 0 heterocycles. The van der Waals surface area contributed by atoms with E-state index in [1.165, 1.54) is 0 Å². The first-order chi connectivity index (χ1) is 5.47. The number of hydrogen-bond donors (Lipinski definition) is 0. The largest absolute Gasteiger partial charge is 0.573 e. The van der Waals surface area contributed by atoms with Crippen LogP contribution in [0, 0.1) is 11.9 Å². The van der Waals surface area contributed by atoms with Crippen LogP contribution in [-0.2, 0) is 0 Å². The highest BCUT2D eigenvalue weighted by atomic mass is 19.4. The minimum atomic E-state index is -4.80. The lowest BCUT2D eigenvalue weighted by molar-refractivity contribution is -0.274. The summed E-state index contributed by atoms with van der Waals surface area (Å²) in [5, 5.41) is 0. The average molecular weight is 179 g/mol. The summed E-state index contributed by atoms with van der Waals surface area (Å²) in [4.78, 5) is 0. The minimum absolute atomic E-state index is 0.678. The van der Waals surface area contributed by atoms with E-state index in [9.17, 15) is 17.6 Å². The molecule has 0 aliphatic rings. The molecule has 0 fully saturated rings. The third-order valence-corrected chi connectivity index (χ3v) is 0.958. The molecule has 0 aliphatic heterocycles. The van der Waals surface area contributed by atoms with Crippen LogP contribution < -0.4 is 4.74 Å². The SMILES string of the molecule is Fc1[c]c(OC(F)(F)F)ccc1. The van der Waals surface area contributed by atoms with Crippen molar-refractivity contribution in [1.29, 1.82) is 0 Å². The molecule has 1 aromatic carbocycles. The number of halogens is 4. The molecule has 0 bridgehead atoms. The summed E-state index contributed by atoms with van der Waals surface area (Å²) >= 11 is 0. The Morgan fingerprint density at radius 1 is 1.25 bits per heavy atom. The molecule has 65 valence electrons. The number of ether oxygens (including phenoxy) is 1. The fraction of sp³-hybridized carbons (Fsp3) is 0.143. The predicted octanol–water partition coefficient (Wildman–Crippen LogP) is 2.52. The third kappa shape index (κ3) is 2.77. The summed E-state index contributed by atoms with van der Waals surface area (Å²) in [7, 11) is 0. The topological polar surface area (TPSA) is 9.23 Å². The van der Waals surface area contributed by atoms with Crippen molar-refractivity contribution in [2.24, 2.45) is 0 Å². The van der Waals surface area contributed by atoms with Gasteiger partial charge in [0.2, 0.25) is 0 Å². The van der Waals surface area contributed by atoms with Crippen molar-refractivity contribution in [2.45, 2.75) is 6.36 Å². The first-order valence-electron chi connectivity index (χ1n) is 2.91. The van der Waals surface area contributed by atoms with E-state index in [0.717, 1.165) is 18.2 Å². The molecule has 0 unspecified atom stereocenters. The molecule has 0 saturated heterocycles. The molecule has 0 aromatic heterocycles. The fourth-order valence-corrected chi connectivity index (χ4v) is 0.605. The molecular weight excluding hydrogens is 176 g/mol. The van der Waals surface area contributed by atoms with Crippen LogP contribution in [0.1, 0.15) is 0 Å². The Hall–Kier alpha value is -1.26. The second-order valence-electron chi connectivity index (χ2n) is 1.91. The monoisotopic (exact) mass is 179 g/mol. The summed E-state index contributed by atoms with van der Waals surface area (Å²) in [6, 6.07) is 4.80. The second kappa shape index (κ2) is 3.00. The Bertz CT molecular complexity index is 268. The van der Waals surface area contributed by atoms with E-state index in [1.807, 2.05) is 0 Å². The van der Waals surface area contributed by atoms with Crippen molar-refractivity contribution in [3.05, 3.63) is 30.1 Å². The molecule has 1 nitrogen and oxygen atoms in total. The molecule has 1 aromatic rings. The molecule has 0 amide bonds. The molecule has 12 heavy (non-hydrogen) atoms. The van der Waals surface area contributed by atoms with E-state index < -0.39 is 17.9 Å². The van der Waals surface area contributed by atoms with Gasteiger partial charge in [0.1, 0.15) is 11.6 Å². The summed E-state index contributed by atoms with van der Waals surface area (Å²) in [5.74, 6) is -1.57. The van der Waals surface area contributed by atoms with E-state index >= 15 is 0 Å². The predicted molar refractivity (Wildman–Crippen MR) is 31.9 cm³/mol. The molecule has 0 N–H and O–H groups in total. The average Bonchev–Trinajstić information content (AvgIpc) is 1.82. The van der Waals surface area contributed by atoms with Crippen LogP contribution in [-0.4, -0.2) is 6.36 Å². The van der Waals surface area contributed by atoms with Gasteiger partial charge in [-0.2, -0.15) is 0 Å². The molecule has 0 aliphatic carbocycles. The fourth-order valence-electron chi connectivity index (χ4n) is 0.605. The van der Waals surface area contributed by atoms with Crippen molar-refractivity contribution in [3.63, 3.8) is 0 Å². The maximum atomic E-state index is 12.2. The molecule has 0 saturated carbocycles. The number of hydrogen-bond acceptors (Lipinski definition) is 1. The zero-order valence-electron chi connectivity index (χ0n) is 5.65. The van der Waals surface area contributed by atoms with Crippen LogP contribution in [0.2, 0.25) is 0 Å². The molecule has 0 atom stereocenters. The van der Waals surface area contributed by atoms with Crippen LogP contribution >= 0.6 is 0 Å². The van der Waals surface area contributed by atoms with Gasteiger partial charge in [0.15, 0.2) is 0 Å². The van der Waals surface area contributed by atoms with Gasteiger partial charge in [0.25, 0.3) is 0 Å². The van der Waals surface area contributed by atoms with Gasteiger partial charge in [-0.3, -0.25) is 0 Å². The highest BCUT2D eigenvalue weighted by molar-refractivity contribution is 5.20. The van der Waals surface area contributed by atoms with Crippen LogP contribution in [0.4, 0.5) is 17.6 Å². The molecule has 0 spiro atoms.